The van der Waals surface area contributed by atoms with Crippen LogP contribution in [0, 0.1) is 0 Å². The summed E-state index contributed by atoms with van der Waals surface area (Å²) in [4.78, 5) is 0. The predicted octanol–water partition coefficient (Wildman–Crippen LogP) is 4.84. The minimum absolute atomic E-state index is 0.112. The first kappa shape index (κ1) is 24.6. The van der Waals surface area contributed by atoms with E-state index in [9.17, 15) is 0 Å². The highest BCUT2D eigenvalue weighted by Gasteiger charge is 2.52. The van der Waals surface area contributed by atoms with Gasteiger partial charge in [-0.1, -0.05) is 12.1 Å². The molecule has 8 heteroatoms. The maximum atomic E-state index is 6.55. The first-order valence-corrected chi connectivity index (χ1v) is 13.5. The normalized spacial score (nSPS) is 31.0. The molecular weight excluding hydrogens is 448 g/mol. The maximum absolute atomic E-state index is 6.55. The lowest BCUT2D eigenvalue weighted by atomic mass is 10.0. The average Bonchev–Trinajstić information content (AvgIpc) is 3.30. The Morgan fingerprint density at radius 3 is 2.34 bits per heavy atom. The summed E-state index contributed by atoms with van der Waals surface area (Å²) in [5.41, 5.74) is 1.11. The summed E-state index contributed by atoms with van der Waals surface area (Å²) in [6, 6.07) is 8.02. The van der Waals surface area contributed by atoms with Gasteiger partial charge in [0.15, 0.2) is 11.6 Å². The molecule has 0 saturated carbocycles. The van der Waals surface area contributed by atoms with Gasteiger partial charge in [-0.15, -0.1) is 23.5 Å². The van der Waals surface area contributed by atoms with E-state index in [-0.39, 0.29) is 24.4 Å². The Balaban J connectivity index is 1.50. The van der Waals surface area contributed by atoms with Crippen LogP contribution < -0.4 is 4.74 Å². The maximum Gasteiger partial charge on any atom is 0.164 e. The molecule has 3 aliphatic heterocycles. The van der Waals surface area contributed by atoms with Crippen molar-refractivity contribution < 1.29 is 28.4 Å². The van der Waals surface area contributed by atoms with Gasteiger partial charge in [0.1, 0.15) is 24.1 Å². The van der Waals surface area contributed by atoms with Crippen LogP contribution in [-0.2, 0) is 30.3 Å². The largest absolute Gasteiger partial charge is 0.497 e. The molecule has 0 N–H and O–H groups in total. The Kier molecular flexibility index (Phi) is 8.02. The second-order valence-electron chi connectivity index (χ2n) is 9.39. The summed E-state index contributed by atoms with van der Waals surface area (Å²) in [5.74, 6) is 1.94. The topological polar surface area (TPSA) is 55.4 Å². The van der Waals surface area contributed by atoms with Crippen LogP contribution in [0.4, 0.5) is 0 Å². The number of benzene rings is 1. The van der Waals surface area contributed by atoms with Crippen LogP contribution in [-0.4, -0.2) is 65.8 Å². The van der Waals surface area contributed by atoms with Gasteiger partial charge in [0.05, 0.1) is 31.0 Å². The fourth-order valence-electron chi connectivity index (χ4n) is 4.35. The summed E-state index contributed by atoms with van der Waals surface area (Å²) in [6.07, 6.45) is 1.41. The van der Waals surface area contributed by atoms with E-state index in [0.29, 0.717) is 17.8 Å². The molecule has 6 nitrogen and oxygen atoms in total. The Bertz CT molecular complexity index is 735. The SMILES string of the molecule is COc1ccc(CO[C@H](CC2SCCCS2)[C@H]2OC(C)(C)O[C@@H]2[C@H]2COC(C)(C)O2)cc1. The zero-order valence-electron chi connectivity index (χ0n) is 19.7. The summed E-state index contributed by atoms with van der Waals surface area (Å²) < 4.78 is 37.2. The van der Waals surface area contributed by atoms with E-state index in [1.807, 2.05) is 75.5 Å². The first-order chi connectivity index (χ1) is 15.2. The second-order valence-corrected chi connectivity index (χ2v) is 12.3. The zero-order valence-corrected chi connectivity index (χ0v) is 21.3. The number of methoxy groups -OCH3 is 1. The molecule has 0 aromatic heterocycles. The van der Waals surface area contributed by atoms with Gasteiger partial charge in [-0.3, -0.25) is 0 Å². The minimum atomic E-state index is -0.694. The summed E-state index contributed by atoms with van der Waals surface area (Å²) in [6.45, 7) is 8.81. The van der Waals surface area contributed by atoms with Gasteiger partial charge in [-0.25, -0.2) is 0 Å². The van der Waals surface area contributed by atoms with E-state index >= 15 is 0 Å². The highest BCUT2D eigenvalue weighted by molar-refractivity contribution is 8.17. The Morgan fingerprint density at radius 1 is 1.00 bits per heavy atom. The third-order valence-corrected chi connectivity index (χ3v) is 8.86. The van der Waals surface area contributed by atoms with E-state index in [0.717, 1.165) is 17.7 Å². The number of hydrogen-bond donors (Lipinski definition) is 0. The molecular formula is C24H36O6S2. The van der Waals surface area contributed by atoms with Gasteiger partial charge < -0.3 is 28.4 Å². The number of hydrogen-bond acceptors (Lipinski definition) is 8. The van der Waals surface area contributed by atoms with Crippen molar-refractivity contribution in [3.63, 3.8) is 0 Å². The zero-order chi connectivity index (χ0) is 22.8. The molecule has 0 unspecified atom stereocenters. The Morgan fingerprint density at radius 2 is 1.72 bits per heavy atom. The van der Waals surface area contributed by atoms with Crippen molar-refractivity contribution in [3.8, 4) is 5.75 Å². The summed E-state index contributed by atoms with van der Waals surface area (Å²) in [5, 5.41) is 0. The van der Waals surface area contributed by atoms with Crippen LogP contribution in [0.25, 0.3) is 0 Å². The quantitative estimate of drug-likeness (QED) is 0.520. The fraction of sp³-hybridized carbons (Fsp3) is 0.750. The average molecular weight is 485 g/mol. The molecule has 0 radical (unpaired) electrons. The third-order valence-electron chi connectivity index (χ3n) is 5.87. The molecule has 4 rings (SSSR count). The van der Waals surface area contributed by atoms with Crippen molar-refractivity contribution in [1.82, 2.24) is 0 Å². The molecule has 0 spiro atoms. The molecule has 3 aliphatic rings. The highest BCUT2D eigenvalue weighted by Crippen LogP contribution is 2.41. The van der Waals surface area contributed by atoms with Gasteiger partial charge in [0, 0.05) is 0 Å². The number of rotatable bonds is 8. The van der Waals surface area contributed by atoms with Crippen molar-refractivity contribution in [2.75, 3.05) is 25.2 Å². The van der Waals surface area contributed by atoms with Crippen molar-refractivity contribution >= 4 is 23.5 Å². The second kappa shape index (κ2) is 10.4. The van der Waals surface area contributed by atoms with E-state index in [2.05, 4.69) is 0 Å². The van der Waals surface area contributed by atoms with Crippen molar-refractivity contribution in [2.24, 2.45) is 0 Å². The van der Waals surface area contributed by atoms with Crippen LogP contribution in [0.15, 0.2) is 24.3 Å². The van der Waals surface area contributed by atoms with Crippen LogP contribution in [0.5, 0.6) is 5.75 Å². The van der Waals surface area contributed by atoms with Gasteiger partial charge >= 0.3 is 0 Å². The number of thioether (sulfide) groups is 2. The van der Waals surface area contributed by atoms with E-state index in [1.54, 1.807) is 7.11 Å². The van der Waals surface area contributed by atoms with Crippen molar-refractivity contribution in [1.29, 1.82) is 0 Å². The smallest absolute Gasteiger partial charge is 0.164 e. The van der Waals surface area contributed by atoms with E-state index in [4.69, 9.17) is 28.4 Å². The lowest BCUT2D eigenvalue weighted by Crippen LogP contribution is -2.45. The molecule has 4 atom stereocenters. The Hall–Kier alpha value is -0.480. The molecule has 32 heavy (non-hydrogen) atoms. The lowest BCUT2D eigenvalue weighted by Gasteiger charge is -2.32. The summed E-state index contributed by atoms with van der Waals surface area (Å²) in [7, 11) is 1.68. The van der Waals surface area contributed by atoms with Crippen LogP contribution >= 0.6 is 23.5 Å². The first-order valence-electron chi connectivity index (χ1n) is 11.4. The molecule has 3 saturated heterocycles. The van der Waals surface area contributed by atoms with Gasteiger partial charge in [0.2, 0.25) is 0 Å². The minimum Gasteiger partial charge on any atom is -0.497 e. The van der Waals surface area contributed by atoms with E-state index < -0.39 is 11.6 Å². The molecule has 0 bridgehead atoms. The van der Waals surface area contributed by atoms with Crippen molar-refractivity contribution in [3.05, 3.63) is 29.8 Å². The molecule has 0 amide bonds. The molecule has 3 fully saturated rings. The third kappa shape index (κ3) is 6.34. The monoisotopic (exact) mass is 484 g/mol. The van der Waals surface area contributed by atoms with Gasteiger partial charge in [-0.2, -0.15) is 0 Å². The lowest BCUT2D eigenvalue weighted by molar-refractivity contribution is -0.175. The molecule has 3 heterocycles. The molecule has 1 aromatic carbocycles. The van der Waals surface area contributed by atoms with Crippen molar-refractivity contribution in [2.45, 2.75) is 87.7 Å². The van der Waals surface area contributed by atoms with Crippen LogP contribution in [0.3, 0.4) is 0 Å². The van der Waals surface area contributed by atoms with Gasteiger partial charge in [0.25, 0.3) is 0 Å². The van der Waals surface area contributed by atoms with E-state index in [1.165, 1.54) is 17.9 Å². The van der Waals surface area contributed by atoms with Gasteiger partial charge in [-0.05, 0) is 69.7 Å². The number of ether oxygens (including phenoxy) is 6. The molecule has 180 valence electrons. The molecule has 1 aromatic rings. The van der Waals surface area contributed by atoms with Crippen LogP contribution in [0.1, 0.15) is 46.1 Å². The Labute approximate surface area is 200 Å². The predicted molar refractivity (Wildman–Crippen MR) is 128 cm³/mol. The fourth-order valence-corrected chi connectivity index (χ4v) is 7.30. The van der Waals surface area contributed by atoms with Crippen LogP contribution in [0.2, 0.25) is 0 Å². The standard InChI is InChI=1S/C24H36O6S2/c1-23(2)27-15-19(28-23)22-21(29-24(3,4)30-22)18(13-20-31-11-6-12-32-20)26-14-16-7-9-17(25-5)10-8-16/h7-10,18-22H,6,11-15H2,1-5H3/t18-,19-,21-,22-/m1/s1. The highest BCUT2D eigenvalue weighted by atomic mass is 32.2. The molecule has 0 aliphatic carbocycles. The summed E-state index contributed by atoms with van der Waals surface area (Å²) >= 11 is 4.05.